The molecule has 0 bridgehead atoms. The van der Waals surface area contributed by atoms with E-state index in [0.29, 0.717) is 35.5 Å². The van der Waals surface area contributed by atoms with Crippen LogP contribution in [0.3, 0.4) is 0 Å². The molecule has 0 aliphatic heterocycles. The summed E-state index contributed by atoms with van der Waals surface area (Å²) in [5.74, 6) is 0.971. The summed E-state index contributed by atoms with van der Waals surface area (Å²) >= 11 is 0. The number of fused-ring (bicyclic) bond motifs is 1. The van der Waals surface area contributed by atoms with Gasteiger partial charge in [0.25, 0.3) is 0 Å². The molecule has 6 nitrogen and oxygen atoms in total. The minimum atomic E-state index is -0.405. The fraction of sp³-hybridized carbons (Fsp3) is 0.500. The Morgan fingerprint density at radius 2 is 1.53 bits per heavy atom. The second-order valence-corrected chi connectivity index (χ2v) is 10.1. The Morgan fingerprint density at radius 3 is 2.16 bits per heavy atom. The third-order valence-corrected chi connectivity index (χ3v) is 6.85. The number of unbranched alkanes of at least 4 members (excludes halogenated alkanes) is 3. The number of primary amides is 1. The molecule has 0 unspecified atom stereocenters. The molecule has 1 heterocycles. The summed E-state index contributed by atoms with van der Waals surface area (Å²) in [7, 11) is 0. The minimum absolute atomic E-state index is 0.0832. The van der Waals surface area contributed by atoms with Gasteiger partial charge in [0.15, 0.2) is 5.78 Å². The highest BCUT2D eigenvalue weighted by Crippen LogP contribution is 2.31. The Labute approximate surface area is 227 Å². The first-order chi connectivity index (χ1) is 18.5. The number of benzene rings is 2. The molecule has 3 rings (SSSR count). The number of carbonyl (C=O) groups is 2. The molecule has 0 saturated heterocycles. The van der Waals surface area contributed by atoms with Crippen molar-refractivity contribution >= 4 is 22.7 Å². The minimum Gasteiger partial charge on any atom is -0.494 e. The van der Waals surface area contributed by atoms with Gasteiger partial charge in [-0.05, 0) is 80.7 Å². The second-order valence-electron chi connectivity index (χ2n) is 10.1. The lowest BCUT2D eigenvalue weighted by Crippen LogP contribution is -2.28. The fourth-order valence-electron chi connectivity index (χ4n) is 4.69. The second kappa shape index (κ2) is 15.3. The lowest BCUT2D eigenvalue weighted by molar-refractivity contribution is -0.117. The number of furan rings is 1. The molecule has 6 heteroatoms. The van der Waals surface area contributed by atoms with Crippen LogP contribution < -0.4 is 10.5 Å². The smallest absolute Gasteiger partial charge is 0.221 e. The Kier molecular flexibility index (Phi) is 11.9. The van der Waals surface area contributed by atoms with Crippen molar-refractivity contribution in [3.63, 3.8) is 0 Å². The summed E-state index contributed by atoms with van der Waals surface area (Å²) in [6.45, 7) is 10.6. The lowest BCUT2D eigenvalue weighted by atomic mass is 9.97. The molecule has 0 aliphatic rings. The van der Waals surface area contributed by atoms with Crippen LogP contribution in [0.2, 0.25) is 0 Å². The van der Waals surface area contributed by atoms with Crippen molar-refractivity contribution in [1.29, 1.82) is 0 Å². The van der Waals surface area contributed by atoms with Gasteiger partial charge in [0, 0.05) is 23.9 Å². The molecule has 1 aromatic heterocycles. The van der Waals surface area contributed by atoms with E-state index in [9.17, 15) is 9.59 Å². The highest BCUT2D eigenvalue weighted by molar-refractivity contribution is 6.17. The van der Waals surface area contributed by atoms with Crippen LogP contribution in [0.5, 0.6) is 5.75 Å². The van der Waals surface area contributed by atoms with E-state index < -0.39 is 5.91 Å². The molecule has 2 N–H and O–H groups in total. The van der Waals surface area contributed by atoms with Gasteiger partial charge >= 0.3 is 0 Å². The summed E-state index contributed by atoms with van der Waals surface area (Å²) in [6, 6.07) is 12.9. The first-order valence-electron chi connectivity index (χ1n) is 14.3. The zero-order valence-electron chi connectivity index (χ0n) is 23.4. The highest BCUT2D eigenvalue weighted by Gasteiger charge is 2.22. The van der Waals surface area contributed by atoms with Gasteiger partial charge in [-0.15, -0.1) is 0 Å². The van der Waals surface area contributed by atoms with E-state index in [1.807, 2.05) is 42.5 Å². The van der Waals surface area contributed by atoms with E-state index in [4.69, 9.17) is 14.9 Å². The Balaban J connectivity index is 1.69. The molecule has 0 saturated carbocycles. The number of hydrogen-bond acceptors (Lipinski definition) is 5. The fourth-order valence-corrected chi connectivity index (χ4v) is 4.69. The van der Waals surface area contributed by atoms with Gasteiger partial charge < -0.3 is 19.8 Å². The number of hydrogen-bond donors (Lipinski definition) is 1. The quantitative estimate of drug-likeness (QED) is 0.149. The summed E-state index contributed by atoms with van der Waals surface area (Å²) < 4.78 is 12.1. The van der Waals surface area contributed by atoms with E-state index in [1.54, 1.807) is 0 Å². The Hall–Kier alpha value is -3.12. The van der Waals surface area contributed by atoms with Gasteiger partial charge in [0.1, 0.15) is 17.1 Å². The number of rotatable bonds is 18. The van der Waals surface area contributed by atoms with Gasteiger partial charge in [-0.3, -0.25) is 9.59 Å². The van der Waals surface area contributed by atoms with Gasteiger partial charge in [-0.2, -0.15) is 0 Å². The van der Waals surface area contributed by atoms with E-state index in [2.05, 4.69) is 25.7 Å². The van der Waals surface area contributed by atoms with E-state index in [1.165, 1.54) is 25.7 Å². The zero-order chi connectivity index (χ0) is 27.3. The summed E-state index contributed by atoms with van der Waals surface area (Å²) in [6.07, 6.45) is 8.61. The van der Waals surface area contributed by atoms with Crippen LogP contribution in [0.1, 0.15) is 93.0 Å². The van der Waals surface area contributed by atoms with E-state index >= 15 is 0 Å². The first kappa shape index (κ1) is 29.4. The van der Waals surface area contributed by atoms with Crippen molar-refractivity contribution < 1.29 is 18.7 Å². The van der Waals surface area contributed by atoms with Crippen LogP contribution in [0.25, 0.3) is 11.0 Å². The van der Waals surface area contributed by atoms with Crippen molar-refractivity contribution in [2.45, 2.75) is 78.6 Å². The molecule has 0 aliphatic carbocycles. The maximum absolute atomic E-state index is 13.7. The Morgan fingerprint density at radius 1 is 0.868 bits per heavy atom. The molecule has 1 amide bonds. The van der Waals surface area contributed by atoms with E-state index in [0.717, 1.165) is 55.6 Å². The maximum atomic E-state index is 13.7. The summed E-state index contributed by atoms with van der Waals surface area (Å²) in [5, 5.41) is 0.732. The predicted octanol–water partition coefficient (Wildman–Crippen LogP) is 6.71. The number of amides is 1. The van der Waals surface area contributed by atoms with Crippen LogP contribution in [0.4, 0.5) is 0 Å². The average Bonchev–Trinajstić information content (AvgIpc) is 3.28. The van der Waals surface area contributed by atoms with Crippen LogP contribution in [0, 0.1) is 0 Å². The zero-order valence-corrected chi connectivity index (χ0v) is 23.4. The topological polar surface area (TPSA) is 85.8 Å². The lowest BCUT2D eigenvalue weighted by Gasteiger charge is -2.21. The third kappa shape index (κ3) is 8.45. The van der Waals surface area contributed by atoms with Crippen LogP contribution in [-0.4, -0.2) is 42.8 Å². The molecule has 3 aromatic rings. The average molecular weight is 521 g/mol. The number of ketones is 1. The van der Waals surface area contributed by atoms with Gasteiger partial charge in [0.2, 0.25) is 5.91 Å². The van der Waals surface area contributed by atoms with Gasteiger partial charge in [0.05, 0.1) is 18.6 Å². The normalized spacial score (nSPS) is 11.4. The maximum Gasteiger partial charge on any atom is 0.221 e. The molecule has 206 valence electrons. The van der Waals surface area contributed by atoms with Crippen molar-refractivity contribution in [2.24, 2.45) is 5.73 Å². The van der Waals surface area contributed by atoms with Crippen LogP contribution >= 0.6 is 0 Å². The summed E-state index contributed by atoms with van der Waals surface area (Å²) in [5.41, 5.74) is 7.98. The van der Waals surface area contributed by atoms with E-state index in [-0.39, 0.29) is 12.2 Å². The van der Waals surface area contributed by atoms with Crippen LogP contribution in [-0.2, 0) is 17.6 Å². The highest BCUT2D eigenvalue weighted by atomic mass is 16.5. The number of carbonyl (C=O) groups excluding carboxylic acids is 2. The summed E-state index contributed by atoms with van der Waals surface area (Å²) in [4.78, 5) is 27.7. The van der Waals surface area contributed by atoms with Gasteiger partial charge in [-0.1, -0.05) is 46.1 Å². The van der Waals surface area contributed by atoms with Crippen molar-refractivity contribution in [3.05, 3.63) is 64.9 Å². The molecule has 0 radical (unpaired) electrons. The molecule has 0 fully saturated rings. The molecule has 38 heavy (non-hydrogen) atoms. The molecule has 0 atom stereocenters. The Bertz CT molecular complexity index is 1160. The van der Waals surface area contributed by atoms with Crippen molar-refractivity contribution in [2.75, 3.05) is 26.2 Å². The van der Waals surface area contributed by atoms with Crippen molar-refractivity contribution in [1.82, 2.24) is 4.90 Å². The molecule has 0 spiro atoms. The van der Waals surface area contributed by atoms with Crippen molar-refractivity contribution in [3.8, 4) is 5.75 Å². The van der Waals surface area contributed by atoms with Crippen LogP contribution in [0.15, 0.2) is 46.9 Å². The standard InChI is InChI=1S/C32H44N2O4/c1-4-7-11-29-31(27-22-24(23-30(33)35)12-17-28(27)38-29)32(36)25-13-15-26(16-14-25)37-21-10-20-34(18-8-5-2)19-9-6-3/h12-17,22H,4-11,18-21,23H2,1-3H3,(H2,33,35). The SMILES string of the molecule is CCCCc1oc2ccc(CC(N)=O)cc2c1C(=O)c1ccc(OCCCN(CCCC)CCCC)cc1. The predicted molar refractivity (Wildman–Crippen MR) is 154 cm³/mol. The molecule has 2 aromatic carbocycles. The third-order valence-electron chi connectivity index (χ3n) is 6.85. The number of ether oxygens (including phenoxy) is 1. The number of aryl methyl sites for hydroxylation is 1. The largest absolute Gasteiger partial charge is 0.494 e. The molecular formula is C32H44N2O4. The molecular weight excluding hydrogens is 476 g/mol. The monoisotopic (exact) mass is 520 g/mol. The van der Waals surface area contributed by atoms with Gasteiger partial charge in [-0.25, -0.2) is 0 Å². The first-order valence-corrected chi connectivity index (χ1v) is 14.3. The number of nitrogens with two attached hydrogens (primary N) is 1. The number of nitrogens with zero attached hydrogens (tertiary/aromatic N) is 1.